The SMILES string of the molecule is COC(=O)c1ccc(N2CCOC(C(N)=S)C2)nc1C. The van der Waals surface area contributed by atoms with E-state index in [9.17, 15) is 4.79 Å². The third-order valence-electron chi connectivity index (χ3n) is 3.18. The minimum Gasteiger partial charge on any atom is -0.465 e. The Labute approximate surface area is 122 Å². The number of hydrogen-bond donors (Lipinski definition) is 1. The summed E-state index contributed by atoms with van der Waals surface area (Å²) in [5, 5.41) is 0. The average molecular weight is 295 g/mol. The lowest BCUT2D eigenvalue weighted by Crippen LogP contribution is -2.48. The Morgan fingerprint density at radius 2 is 2.35 bits per heavy atom. The molecule has 0 saturated carbocycles. The highest BCUT2D eigenvalue weighted by molar-refractivity contribution is 7.80. The summed E-state index contributed by atoms with van der Waals surface area (Å²) in [5.74, 6) is 0.393. The lowest BCUT2D eigenvalue weighted by molar-refractivity contribution is 0.0599. The molecule has 0 radical (unpaired) electrons. The predicted molar refractivity (Wildman–Crippen MR) is 79.1 cm³/mol. The molecule has 1 fully saturated rings. The first-order valence-corrected chi connectivity index (χ1v) is 6.65. The average Bonchev–Trinajstić information content (AvgIpc) is 2.46. The number of nitrogens with two attached hydrogens (primary N) is 1. The fourth-order valence-corrected chi connectivity index (χ4v) is 2.22. The third kappa shape index (κ3) is 3.05. The number of carbonyl (C=O) groups excluding carboxylic acids is 1. The molecule has 1 atom stereocenters. The van der Waals surface area contributed by atoms with E-state index in [2.05, 4.69) is 4.98 Å². The Kier molecular flexibility index (Phi) is 4.51. The lowest BCUT2D eigenvalue weighted by atomic mass is 10.2. The van der Waals surface area contributed by atoms with Crippen LogP contribution in [0.4, 0.5) is 5.82 Å². The summed E-state index contributed by atoms with van der Waals surface area (Å²) in [7, 11) is 1.35. The van der Waals surface area contributed by atoms with Gasteiger partial charge in [0.1, 0.15) is 16.9 Å². The van der Waals surface area contributed by atoms with Gasteiger partial charge in [0, 0.05) is 6.54 Å². The minimum atomic E-state index is -0.385. The van der Waals surface area contributed by atoms with Gasteiger partial charge in [0.05, 0.1) is 31.5 Å². The maximum Gasteiger partial charge on any atom is 0.339 e. The highest BCUT2D eigenvalue weighted by atomic mass is 32.1. The van der Waals surface area contributed by atoms with E-state index in [1.165, 1.54) is 7.11 Å². The number of methoxy groups -OCH3 is 1. The molecular formula is C13H17N3O3S. The number of nitrogens with zero attached hydrogens (tertiary/aromatic N) is 2. The zero-order chi connectivity index (χ0) is 14.7. The molecule has 0 aliphatic carbocycles. The summed E-state index contributed by atoms with van der Waals surface area (Å²) < 4.78 is 10.2. The second-order valence-corrected chi connectivity index (χ2v) is 4.97. The van der Waals surface area contributed by atoms with E-state index in [0.29, 0.717) is 35.9 Å². The van der Waals surface area contributed by atoms with E-state index in [-0.39, 0.29) is 12.1 Å². The molecule has 1 aromatic rings. The second kappa shape index (κ2) is 6.15. The van der Waals surface area contributed by atoms with Crippen LogP contribution in [0.3, 0.4) is 0 Å². The van der Waals surface area contributed by atoms with Crippen LogP contribution in [-0.4, -0.2) is 48.9 Å². The number of esters is 1. The second-order valence-electron chi connectivity index (χ2n) is 4.50. The van der Waals surface area contributed by atoms with E-state index in [0.717, 1.165) is 5.82 Å². The van der Waals surface area contributed by atoms with Crippen molar-refractivity contribution in [3.05, 3.63) is 23.4 Å². The smallest absolute Gasteiger partial charge is 0.339 e. The van der Waals surface area contributed by atoms with Crippen molar-refractivity contribution in [2.24, 2.45) is 5.73 Å². The largest absolute Gasteiger partial charge is 0.465 e. The summed E-state index contributed by atoms with van der Waals surface area (Å²) in [6, 6.07) is 3.51. The number of ether oxygens (including phenoxy) is 2. The van der Waals surface area contributed by atoms with E-state index < -0.39 is 0 Å². The van der Waals surface area contributed by atoms with Gasteiger partial charge >= 0.3 is 5.97 Å². The summed E-state index contributed by atoms with van der Waals surface area (Å²) in [4.78, 5) is 18.4. The fourth-order valence-electron chi connectivity index (χ4n) is 2.08. The summed E-state index contributed by atoms with van der Waals surface area (Å²) in [6.07, 6.45) is -0.263. The van der Waals surface area contributed by atoms with Crippen molar-refractivity contribution in [2.45, 2.75) is 13.0 Å². The zero-order valence-corrected chi connectivity index (χ0v) is 12.3. The van der Waals surface area contributed by atoms with Gasteiger partial charge in [-0.15, -0.1) is 0 Å². The van der Waals surface area contributed by atoms with Crippen LogP contribution in [-0.2, 0) is 9.47 Å². The maximum atomic E-state index is 11.5. The van der Waals surface area contributed by atoms with Crippen molar-refractivity contribution in [2.75, 3.05) is 31.7 Å². The molecule has 108 valence electrons. The zero-order valence-electron chi connectivity index (χ0n) is 11.5. The van der Waals surface area contributed by atoms with Crippen molar-refractivity contribution in [3.63, 3.8) is 0 Å². The minimum absolute atomic E-state index is 0.263. The number of anilines is 1. The Balaban J connectivity index is 2.19. The Hall–Kier alpha value is -1.73. The van der Waals surface area contributed by atoms with Gasteiger partial charge in [-0.3, -0.25) is 0 Å². The standard InChI is InChI=1S/C13H17N3O3S/c1-8-9(13(17)18-2)3-4-11(15-8)16-5-6-19-10(7-16)12(14)20/h3-4,10H,5-7H2,1-2H3,(H2,14,20). The topological polar surface area (TPSA) is 77.7 Å². The Bertz CT molecular complexity index is 536. The maximum absolute atomic E-state index is 11.5. The van der Waals surface area contributed by atoms with Gasteiger partial charge in [0.15, 0.2) is 0 Å². The molecule has 1 aromatic heterocycles. The summed E-state index contributed by atoms with van der Waals surface area (Å²) in [5.41, 5.74) is 6.72. The van der Waals surface area contributed by atoms with E-state index >= 15 is 0 Å². The molecule has 2 N–H and O–H groups in total. The van der Waals surface area contributed by atoms with Gasteiger partial charge in [-0.1, -0.05) is 12.2 Å². The highest BCUT2D eigenvalue weighted by Crippen LogP contribution is 2.18. The van der Waals surface area contributed by atoms with Crippen LogP contribution in [0.15, 0.2) is 12.1 Å². The van der Waals surface area contributed by atoms with Crippen LogP contribution in [0.2, 0.25) is 0 Å². The quantitative estimate of drug-likeness (QED) is 0.648. The molecule has 7 heteroatoms. The van der Waals surface area contributed by atoms with Gasteiger partial charge in [-0.05, 0) is 19.1 Å². The Morgan fingerprint density at radius 3 is 2.95 bits per heavy atom. The molecule has 1 unspecified atom stereocenters. The van der Waals surface area contributed by atoms with Gasteiger partial charge in [0.25, 0.3) is 0 Å². The van der Waals surface area contributed by atoms with Gasteiger partial charge in [0.2, 0.25) is 0 Å². The predicted octanol–water partition coefficient (Wildman–Crippen LogP) is 0.668. The van der Waals surface area contributed by atoms with E-state index in [1.807, 2.05) is 4.90 Å². The molecule has 2 rings (SSSR count). The van der Waals surface area contributed by atoms with Crippen LogP contribution in [0.5, 0.6) is 0 Å². The van der Waals surface area contributed by atoms with Crippen LogP contribution in [0, 0.1) is 6.92 Å². The van der Waals surface area contributed by atoms with Crippen molar-refractivity contribution in [1.82, 2.24) is 4.98 Å². The molecule has 0 aromatic carbocycles. The summed E-state index contributed by atoms with van der Waals surface area (Å²) in [6.45, 7) is 3.60. The molecule has 0 bridgehead atoms. The lowest BCUT2D eigenvalue weighted by Gasteiger charge is -2.33. The van der Waals surface area contributed by atoms with Crippen molar-refractivity contribution in [3.8, 4) is 0 Å². The number of carbonyl (C=O) groups is 1. The normalized spacial score (nSPS) is 18.7. The number of aryl methyl sites for hydroxylation is 1. The number of pyridine rings is 1. The van der Waals surface area contributed by atoms with Gasteiger partial charge in [-0.2, -0.15) is 0 Å². The number of hydrogen-bond acceptors (Lipinski definition) is 6. The molecule has 1 aliphatic heterocycles. The van der Waals surface area contributed by atoms with Crippen LogP contribution >= 0.6 is 12.2 Å². The van der Waals surface area contributed by atoms with Crippen molar-refractivity contribution >= 4 is 29.0 Å². The molecule has 1 aliphatic rings. The molecule has 6 nitrogen and oxygen atoms in total. The summed E-state index contributed by atoms with van der Waals surface area (Å²) >= 11 is 4.96. The first kappa shape index (κ1) is 14.7. The molecule has 0 amide bonds. The Morgan fingerprint density at radius 1 is 1.60 bits per heavy atom. The van der Waals surface area contributed by atoms with E-state index in [1.54, 1.807) is 19.1 Å². The number of aromatic nitrogens is 1. The first-order valence-electron chi connectivity index (χ1n) is 6.24. The van der Waals surface area contributed by atoms with E-state index in [4.69, 9.17) is 27.4 Å². The first-order chi connectivity index (χ1) is 9.52. The molecule has 20 heavy (non-hydrogen) atoms. The van der Waals surface area contributed by atoms with Crippen molar-refractivity contribution in [1.29, 1.82) is 0 Å². The third-order valence-corrected chi connectivity index (χ3v) is 3.45. The molecule has 2 heterocycles. The number of morpholine rings is 1. The number of rotatable bonds is 3. The van der Waals surface area contributed by atoms with Crippen LogP contribution < -0.4 is 10.6 Å². The molecule has 0 spiro atoms. The van der Waals surface area contributed by atoms with Gasteiger partial charge in [-0.25, -0.2) is 9.78 Å². The fraction of sp³-hybridized carbons (Fsp3) is 0.462. The van der Waals surface area contributed by atoms with Gasteiger partial charge < -0.3 is 20.1 Å². The van der Waals surface area contributed by atoms with Crippen LogP contribution in [0.1, 0.15) is 16.1 Å². The highest BCUT2D eigenvalue weighted by Gasteiger charge is 2.24. The number of thiocarbonyl (C=S) groups is 1. The van der Waals surface area contributed by atoms with Crippen LogP contribution in [0.25, 0.3) is 0 Å². The monoisotopic (exact) mass is 295 g/mol. The molecular weight excluding hydrogens is 278 g/mol. The molecule has 1 saturated heterocycles. The van der Waals surface area contributed by atoms with Crippen molar-refractivity contribution < 1.29 is 14.3 Å².